The minimum absolute atomic E-state index is 0.145. The van der Waals surface area contributed by atoms with Gasteiger partial charge >= 0.3 is 16.2 Å². The number of nitrogens with one attached hydrogen (secondary N) is 2. The number of amides is 2. The largest absolute Gasteiger partial charge is 0.608 e. The van der Waals surface area contributed by atoms with Gasteiger partial charge in [-0.3, -0.25) is 10.00 Å². The van der Waals surface area contributed by atoms with Crippen molar-refractivity contribution in [2.75, 3.05) is 29.3 Å². The molecule has 0 saturated carbocycles. The summed E-state index contributed by atoms with van der Waals surface area (Å²) in [5.41, 5.74) is 5.54. The molecule has 2 unspecified atom stereocenters. The fourth-order valence-electron chi connectivity index (χ4n) is 6.57. The zero-order chi connectivity index (χ0) is 24.3. The predicted molar refractivity (Wildman–Crippen MR) is 131 cm³/mol. The van der Waals surface area contributed by atoms with Crippen molar-refractivity contribution < 1.29 is 17.7 Å². The highest BCUT2D eigenvalue weighted by Crippen LogP contribution is 2.39. The lowest BCUT2D eigenvalue weighted by atomic mass is 9.84. The lowest BCUT2D eigenvalue weighted by Crippen LogP contribution is -3.14. The van der Waals surface area contributed by atoms with Gasteiger partial charge < -0.3 is 10.1 Å². The van der Waals surface area contributed by atoms with Crippen LogP contribution in [0.3, 0.4) is 0 Å². The molecule has 3 saturated heterocycles. The lowest BCUT2D eigenvalue weighted by molar-refractivity contribution is -0.604. The first-order valence-corrected chi connectivity index (χ1v) is 14.0. The Morgan fingerprint density at radius 3 is 2.34 bits per heavy atom. The summed E-state index contributed by atoms with van der Waals surface area (Å²) < 4.78 is 28.8. The van der Waals surface area contributed by atoms with Crippen LogP contribution >= 0.6 is 0 Å². The average Bonchev–Trinajstić information content (AvgIpc) is 3.60. The van der Waals surface area contributed by atoms with Gasteiger partial charge in [0, 0.05) is 19.8 Å². The molecule has 188 valence electrons. The lowest BCUT2D eigenvalue weighted by Gasteiger charge is -2.48. The quantitative estimate of drug-likeness (QED) is 0.596. The SMILES string of the molecule is Cn1cc(N(C2CN3CCC2CC3)S(=O)(=O)[NH+]([O-])C(=O)Nc2c3c(cc4c2CCC4)CCC3)cn1. The maximum atomic E-state index is 13.8. The van der Waals surface area contributed by atoms with Crippen molar-refractivity contribution in [2.24, 2.45) is 13.0 Å². The number of urea groups is 1. The Balaban J connectivity index is 1.33. The molecule has 7 rings (SSSR count). The van der Waals surface area contributed by atoms with Crippen LogP contribution in [0, 0.1) is 11.1 Å². The second kappa shape index (κ2) is 8.58. The Morgan fingerprint density at radius 2 is 1.80 bits per heavy atom. The number of anilines is 2. The summed E-state index contributed by atoms with van der Waals surface area (Å²) in [6.45, 7) is 2.41. The number of piperidine rings is 3. The third-order valence-electron chi connectivity index (χ3n) is 8.26. The number of rotatable bonds is 5. The Kier molecular flexibility index (Phi) is 5.63. The van der Waals surface area contributed by atoms with Crippen LogP contribution in [0.25, 0.3) is 0 Å². The normalized spacial score (nSPS) is 25.8. The molecule has 3 fully saturated rings. The Morgan fingerprint density at radius 1 is 1.14 bits per heavy atom. The average molecular weight is 501 g/mol. The molecule has 35 heavy (non-hydrogen) atoms. The summed E-state index contributed by atoms with van der Waals surface area (Å²) in [6, 6.07) is 0.763. The molecule has 10 nitrogen and oxygen atoms in total. The van der Waals surface area contributed by atoms with Crippen LogP contribution in [-0.2, 0) is 42.9 Å². The van der Waals surface area contributed by atoms with Gasteiger partial charge in [0.2, 0.25) is 0 Å². The second-order valence-corrected chi connectivity index (χ2v) is 12.1. The highest BCUT2D eigenvalue weighted by Gasteiger charge is 2.46. The van der Waals surface area contributed by atoms with E-state index >= 15 is 0 Å². The van der Waals surface area contributed by atoms with E-state index in [1.54, 1.807) is 13.2 Å². The number of hydroxylamine groups is 1. The molecule has 0 spiro atoms. The number of hydrogen-bond acceptors (Lipinski definition) is 6. The van der Waals surface area contributed by atoms with E-state index in [4.69, 9.17) is 0 Å². The standard InChI is InChI=1S/C24H32N6O4S/c1-27-14-19(13-25-27)29(22-15-28-10-8-16(22)9-11-28)35(33,34)30(32)24(31)26-23-20-6-2-4-17(20)12-18-5-3-7-21(18)23/h12-14,16,22,30H,2-11,15H2,1H3,(H,26,31). The van der Waals surface area contributed by atoms with Gasteiger partial charge in [-0.15, -0.1) is 0 Å². The second-order valence-electron chi connectivity index (χ2n) is 10.4. The van der Waals surface area contributed by atoms with Crippen molar-refractivity contribution >= 4 is 27.6 Å². The van der Waals surface area contributed by atoms with Crippen LogP contribution in [0.15, 0.2) is 18.5 Å². The van der Waals surface area contributed by atoms with Crippen LogP contribution in [0.4, 0.5) is 16.2 Å². The third-order valence-corrected chi connectivity index (χ3v) is 9.91. The summed E-state index contributed by atoms with van der Waals surface area (Å²) >= 11 is 0. The van der Waals surface area contributed by atoms with Gasteiger partial charge in [-0.2, -0.15) is 18.0 Å². The number of hydrogen-bond donors (Lipinski definition) is 2. The smallest absolute Gasteiger partial charge is 0.436 e. The summed E-state index contributed by atoms with van der Waals surface area (Å²) in [5.74, 6) is 0.145. The van der Waals surface area contributed by atoms with Gasteiger partial charge in [-0.25, -0.2) is 9.10 Å². The molecule has 2 aliphatic carbocycles. The molecule has 2 amide bonds. The molecule has 4 heterocycles. The fraction of sp³-hybridized carbons (Fsp3) is 0.583. The number of carbonyl (C=O) groups is 1. The monoisotopic (exact) mass is 500 g/mol. The number of carbonyl (C=O) groups excluding carboxylic acids is 1. The van der Waals surface area contributed by atoms with E-state index < -0.39 is 26.8 Å². The van der Waals surface area contributed by atoms with Crippen LogP contribution in [0.2, 0.25) is 0 Å². The molecular formula is C24H32N6O4S. The van der Waals surface area contributed by atoms with Crippen LogP contribution < -0.4 is 14.1 Å². The Labute approximate surface area is 205 Å². The van der Waals surface area contributed by atoms with E-state index in [0.29, 0.717) is 17.9 Å². The third kappa shape index (κ3) is 3.85. The van der Waals surface area contributed by atoms with Gasteiger partial charge in [0.15, 0.2) is 0 Å². The van der Waals surface area contributed by atoms with E-state index in [-0.39, 0.29) is 5.92 Å². The highest BCUT2D eigenvalue weighted by atomic mass is 32.2. The molecule has 2 aromatic rings. The summed E-state index contributed by atoms with van der Waals surface area (Å²) in [4.78, 5) is 15.5. The van der Waals surface area contributed by atoms with Crippen LogP contribution in [0.1, 0.15) is 47.9 Å². The maximum absolute atomic E-state index is 13.8. The molecule has 3 aliphatic heterocycles. The van der Waals surface area contributed by atoms with Gasteiger partial charge in [-0.1, -0.05) is 6.07 Å². The predicted octanol–water partition coefficient (Wildman–Crippen LogP) is 1.16. The van der Waals surface area contributed by atoms with Crippen molar-refractivity contribution in [3.8, 4) is 0 Å². The summed E-state index contributed by atoms with van der Waals surface area (Å²) in [6.07, 6.45) is 10.4. The minimum Gasteiger partial charge on any atom is -0.608 e. The fourth-order valence-corrected chi connectivity index (χ4v) is 8.00. The van der Waals surface area contributed by atoms with Crippen LogP contribution in [0.5, 0.6) is 0 Å². The zero-order valence-corrected chi connectivity index (χ0v) is 20.8. The number of aryl methyl sites for hydroxylation is 3. The first-order chi connectivity index (χ1) is 16.8. The first-order valence-electron chi connectivity index (χ1n) is 12.6. The van der Waals surface area contributed by atoms with Crippen molar-refractivity contribution in [1.82, 2.24) is 14.7 Å². The minimum atomic E-state index is -4.61. The van der Waals surface area contributed by atoms with E-state index in [9.17, 15) is 18.4 Å². The van der Waals surface area contributed by atoms with Crippen LogP contribution in [-0.4, -0.2) is 54.8 Å². The molecule has 2 atom stereocenters. The molecular weight excluding hydrogens is 468 g/mol. The van der Waals surface area contributed by atoms with E-state index in [2.05, 4.69) is 21.4 Å². The molecule has 1 aromatic heterocycles. The van der Waals surface area contributed by atoms with Gasteiger partial charge in [0.25, 0.3) is 0 Å². The molecule has 2 bridgehead atoms. The molecule has 2 N–H and O–H groups in total. The molecule has 1 aromatic carbocycles. The van der Waals surface area contributed by atoms with Crippen molar-refractivity contribution in [2.45, 2.75) is 57.4 Å². The number of aromatic nitrogens is 2. The maximum Gasteiger partial charge on any atom is 0.436 e. The number of nitrogens with zero attached hydrogens (tertiary/aromatic N) is 4. The van der Waals surface area contributed by atoms with Crippen molar-refractivity contribution in [3.63, 3.8) is 0 Å². The highest BCUT2D eigenvalue weighted by molar-refractivity contribution is 7.86. The molecule has 0 radical (unpaired) electrons. The van der Waals surface area contributed by atoms with Crippen molar-refractivity contribution in [1.29, 1.82) is 0 Å². The van der Waals surface area contributed by atoms with E-state index in [0.717, 1.165) is 75.6 Å². The van der Waals surface area contributed by atoms with Gasteiger partial charge in [-0.05, 0) is 92.6 Å². The zero-order valence-electron chi connectivity index (χ0n) is 20.0. The van der Waals surface area contributed by atoms with Crippen molar-refractivity contribution in [3.05, 3.63) is 45.9 Å². The van der Waals surface area contributed by atoms with Gasteiger partial charge in [0.05, 0.1) is 23.6 Å². The number of benzene rings is 1. The molecule has 5 aliphatic rings. The summed E-state index contributed by atoms with van der Waals surface area (Å²) in [7, 11) is -2.90. The Hall–Kier alpha value is -2.47. The summed E-state index contributed by atoms with van der Waals surface area (Å²) in [5, 5.41) is 20.3. The Bertz CT molecular complexity index is 1230. The number of quaternary nitrogens is 1. The van der Waals surface area contributed by atoms with Gasteiger partial charge in [0.1, 0.15) is 0 Å². The van der Waals surface area contributed by atoms with E-state index in [1.807, 2.05) is 0 Å². The molecule has 11 heteroatoms. The topological polar surface area (TPSA) is 115 Å². The number of fused-ring (bicyclic) bond motifs is 5. The first kappa shape index (κ1) is 23.0. The van der Waals surface area contributed by atoms with E-state index in [1.165, 1.54) is 26.3 Å².